The maximum atomic E-state index is 13.0. The quantitative estimate of drug-likeness (QED) is 0.0222. The zero-order valence-electron chi connectivity index (χ0n) is 60.2. The molecule has 0 aromatic heterocycles. The van der Waals surface area contributed by atoms with Crippen LogP contribution in [0.3, 0.4) is 0 Å². The van der Waals surface area contributed by atoms with Crippen molar-refractivity contribution >= 4 is 39.5 Å². The second-order valence-electron chi connectivity index (χ2n) is 28.2. The molecule has 546 valence electrons. The van der Waals surface area contributed by atoms with Gasteiger partial charge in [0, 0.05) is 25.7 Å². The Morgan fingerprint density at radius 1 is 0.272 bits per heavy atom. The van der Waals surface area contributed by atoms with Crippen LogP contribution in [0.1, 0.15) is 364 Å². The van der Waals surface area contributed by atoms with Crippen LogP contribution in [0.5, 0.6) is 0 Å². The lowest BCUT2D eigenvalue weighted by molar-refractivity contribution is -0.161. The molecule has 0 rings (SSSR count). The molecular weight excluding hydrogens is 1210 g/mol. The lowest BCUT2D eigenvalue weighted by atomic mass is 10.0. The maximum Gasteiger partial charge on any atom is 0.472 e. The van der Waals surface area contributed by atoms with Crippen LogP contribution in [0.4, 0.5) is 0 Å². The van der Waals surface area contributed by atoms with Gasteiger partial charge >= 0.3 is 39.5 Å². The second kappa shape index (κ2) is 62.6. The molecule has 5 atom stereocenters. The average Bonchev–Trinajstić information content (AvgIpc) is 2.97. The van der Waals surface area contributed by atoms with Crippen LogP contribution in [-0.4, -0.2) is 96.7 Å². The van der Waals surface area contributed by atoms with Crippen LogP contribution in [-0.2, 0) is 65.4 Å². The Labute approximate surface area is 562 Å². The van der Waals surface area contributed by atoms with Gasteiger partial charge in [-0.1, -0.05) is 312 Å². The summed E-state index contributed by atoms with van der Waals surface area (Å²) in [5.41, 5.74) is 0. The summed E-state index contributed by atoms with van der Waals surface area (Å²) in [7, 11) is -9.90. The molecule has 19 heteroatoms. The fraction of sp³-hybridized carbons (Fsp3) is 0.945. The summed E-state index contributed by atoms with van der Waals surface area (Å²) >= 11 is 0. The molecule has 0 aliphatic heterocycles. The van der Waals surface area contributed by atoms with Gasteiger partial charge in [0.2, 0.25) is 0 Å². The predicted molar refractivity (Wildman–Crippen MR) is 372 cm³/mol. The molecule has 0 heterocycles. The monoisotopic (exact) mass is 1350 g/mol. The Hall–Kier alpha value is -1.94. The third-order valence-corrected chi connectivity index (χ3v) is 18.7. The zero-order chi connectivity index (χ0) is 68.2. The van der Waals surface area contributed by atoms with Gasteiger partial charge in [0.25, 0.3) is 0 Å². The number of unbranched alkanes of at least 4 members (excludes halogenated alkanes) is 36. The van der Waals surface area contributed by atoms with Crippen LogP contribution in [0.15, 0.2) is 0 Å². The van der Waals surface area contributed by atoms with E-state index in [-0.39, 0.29) is 25.7 Å². The molecule has 17 nitrogen and oxygen atoms in total. The number of hydrogen-bond acceptors (Lipinski definition) is 15. The highest BCUT2D eigenvalue weighted by Crippen LogP contribution is 2.45. The third kappa shape index (κ3) is 66.7. The number of carbonyl (C=O) groups is 4. The van der Waals surface area contributed by atoms with E-state index in [1.165, 1.54) is 154 Å². The van der Waals surface area contributed by atoms with Crippen molar-refractivity contribution in [3.8, 4) is 0 Å². The Morgan fingerprint density at radius 2 is 0.457 bits per heavy atom. The van der Waals surface area contributed by atoms with E-state index in [9.17, 15) is 43.2 Å². The van der Waals surface area contributed by atoms with E-state index in [4.69, 9.17) is 37.0 Å². The van der Waals surface area contributed by atoms with Crippen LogP contribution < -0.4 is 0 Å². The summed E-state index contributed by atoms with van der Waals surface area (Å²) in [4.78, 5) is 72.5. The standard InChI is InChI=1S/C73H142O17P2/c1-63(2)49-41-33-25-20-17-15-13-11-9-10-12-14-16-18-22-28-39-47-55-72(77)89-68(59-83-70(75)53-45-37-30-24-27-35-43-51-65(5)6)61-87-91(79,80)85-57-67(74)58-86-92(81,82)88-62-69(60-84-71(76)54-46-38-32-31-36-44-52-66(7)8)90-73(78)56-48-40-29-23-19-21-26-34-42-50-64(3)4/h63-69,74H,9-62H2,1-8H3,(H,79,80)(H,81,82)/t67?,68-,69-/m1/s1. The lowest BCUT2D eigenvalue weighted by Gasteiger charge is -2.21. The number of ether oxygens (including phenoxy) is 4. The molecule has 0 aliphatic carbocycles. The summed E-state index contributed by atoms with van der Waals surface area (Å²) < 4.78 is 68.3. The first-order chi connectivity index (χ1) is 44.1. The van der Waals surface area contributed by atoms with Crippen molar-refractivity contribution < 1.29 is 80.2 Å². The smallest absolute Gasteiger partial charge is 0.462 e. The van der Waals surface area contributed by atoms with E-state index in [2.05, 4.69) is 55.4 Å². The Bertz CT molecular complexity index is 1820. The Balaban J connectivity index is 5.16. The Kier molecular flexibility index (Phi) is 61.3. The molecule has 3 unspecified atom stereocenters. The molecule has 0 saturated carbocycles. The van der Waals surface area contributed by atoms with Crippen molar-refractivity contribution in [2.24, 2.45) is 23.7 Å². The fourth-order valence-corrected chi connectivity index (χ4v) is 12.6. The first-order valence-corrected chi connectivity index (χ1v) is 40.7. The summed E-state index contributed by atoms with van der Waals surface area (Å²) in [6.07, 6.45) is 46.2. The average molecular weight is 1350 g/mol. The van der Waals surface area contributed by atoms with E-state index in [1.54, 1.807) is 0 Å². The van der Waals surface area contributed by atoms with Gasteiger partial charge in [0.1, 0.15) is 19.3 Å². The van der Waals surface area contributed by atoms with E-state index in [0.717, 1.165) is 115 Å². The van der Waals surface area contributed by atoms with Crippen LogP contribution >= 0.6 is 15.6 Å². The van der Waals surface area contributed by atoms with Crippen molar-refractivity contribution in [2.75, 3.05) is 39.6 Å². The molecule has 0 radical (unpaired) electrons. The van der Waals surface area contributed by atoms with E-state index in [1.807, 2.05) is 0 Å². The number of hydrogen-bond donors (Lipinski definition) is 3. The highest BCUT2D eigenvalue weighted by molar-refractivity contribution is 7.47. The molecule has 0 aliphatic rings. The fourth-order valence-electron chi connectivity index (χ4n) is 11.0. The summed E-state index contributed by atoms with van der Waals surface area (Å²) in [5.74, 6) is 0.811. The topological polar surface area (TPSA) is 237 Å². The summed E-state index contributed by atoms with van der Waals surface area (Å²) in [5, 5.41) is 10.6. The molecule has 0 spiro atoms. The molecule has 92 heavy (non-hydrogen) atoms. The number of rotatable bonds is 70. The highest BCUT2D eigenvalue weighted by atomic mass is 31.2. The third-order valence-electron chi connectivity index (χ3n) is 16.8. The number of phosphoric acid groups is 2. The van der Waals surface area contributed by atoms with Crippen LogP contribution in [0, 0.1) is 23.7 Å². The van der Waals surface area contributed by atoms with Gasteiger partial charge in [0.05, 0.1) is 26.4 Å². The first kappa shape index (κ1) is 90.1. The normalized spacial score (nSPS) is 14.2. The van der Waals surface area contributed by atoms with Gasteiger partial charge in [-0.15, -0.1) is 0 Å². The molecule has 0 bridgehead atoms. The molecule has 0 saturated heterocycles. The zero-order valence-corrected chi connectivity index (χ0v) is 62.0. The van der Waals surface area contributed by atoms with Crippen LogP contribution in [0.2, 0.25) is 0 Å². The SMILES string of the molecule is CC(C)CCCCCCCCCCCCCCCCCCCCC(=O)O[C@H](COC(=O)CCCCCCCCCC(C)C)COP(=O)(O)OCC(O)COP(=O)(O)OC[C@@H](COC(=O)CCCCCCCCC(C)C)OC(=O)CCCCCCCCCCCC(C)C. The number of aliphatic hydroxyl groups excluding tert-OH is 1. The highest BCUT2D eigenvalue weighted by Gasteiger charge is 2.30. The van der Waals surface area contributed by atoms with Crippen molar-refractivity contribution in [3.63, 3.8) is 0 Å². The minimum atomic E-state index is -4.95. The second-order valence-corrected chi connectivity index (χ2v) is 31.1. The van der Waals surface area contributed by atoms with Crippen LogP contribution in [0.25, 0.3) is 0 Å². The van der Waals surface area contributed by atoms with Crippen molar-refractivity contribution in [2.45, 2.75) is 382 Å². The Morgan fingerprint density at radius 3 is 0.674 bits per heavy atom. The number of esters is 4. The number of carbonyl (C=O) groups excluding carboxylic acids is 4. The summed E-state index contributed by atoms with van der Waals surface area (Å²) in [6, 6.07) is 0. The number of phosphoric ester groups is 2. The van der Waals surface area contributed by atoms with Crippen molar-refractivity contribution in [1.29, 1.82) is 0 Å². The van der Waals surface area contributed by atoms with Gasteiger partial charge in [-0.3, -0.25) is 37.3 Å². The molecule has 0 amide bonds. The minimum Gasteiger partial charge on any atom is -0.462 e. The van der Waals surface area contributed by atoms with Gasteiger partial charge in [-0.25, -0.2) is 9.13 Å². The molecule has 0 aromatic carbocycles. The van der Waals surface area contributed by atoms with Crippen molar-refractivity contribution in [3.05, 3.63) is 0 Å². The van der Waals surface area contributed by atoms with Gasteiger partial charge in [-0.05, 0) is 49.4 Å². The largest absolute Gasteiger partial charge is 0.472 e. The van der Waals surface area contributed by atoms with Crippen molar-refractivity contribution in [1.82, 2.24) is 0 Å². The molecule has 0 fully saturated rings. The van der Waals surface area contributed by atoms with E-state index < -0.39 is 97.5 Å². The lowest BCUT2D eigenvalue weighted by Crippen LogP contribution is -2.30. The first-order valence-electron chi connectivity index (χ1n) is 37.7. The molecule has 3 N–H and O–H groups in total. The molecule has 0 aromatic rings. The van der Waals surface area contributed by atoms with Gasteiger partial charge in [0.15, 0.2) is 12.2 Å². The summed E-state index contributed by atoms with van der Waals surface area (Å²) in [6.45, 7) is 14.0. The van der Waals surface area contributed by atoms with Gasteiger partial charge < -0.3 is 33.8 Å². The number of aliphatic hydroxyl groups is 1. The van der Waals surface area contributed by atoms with Gasteiger partial charge in [-0.2, -0.15) is 0 Å². The van der Waals surface area contributed by atoms with E-state index in [0.29, 0.717) is 37.5 Å². The van der Waals surface area contributed by atoms with E-state index >= 15 is 0 Å². The minimum absolute atomic E-state index is 0.104. The maximum absolute atomic E-state index is 13.0. The molecular formula is C73H142O17P2. The predicted octanol–water partition coefficient (Wildman–Crippen LogP) is 20.9.